The van der Waals surface area contributed by atoms with Crippen LogP contribution in [0.5, 0.6) is 0 Å². The van der Waals surface area contributed by atoms with Crippen LogP contribution in [0.4, 0.5) is 5.69 Å². The van der Waals surface area contributed by atoms with Crippen molar-refractivity contribution in [1.29, 1.82) is 0 Å². The molecule has 1 aromatic carbocycles. The minimum atomic E-state index is -0.258. The summed E-state index contributed by atoms with van der Waals surface area (Å²) in [5, 5.41) is 12.8. The van der Waals surface area contributed by atoms with Gasteiger partial charge >= 0.3 is 0 Å². The zero-order chi connectivity index (χ0) is 13.2. The molecule has 5 rings (SSSR count). The van der Waals surface area contributed by atoms with E-state index < -0.39 is 0 Å². The maximum absolute atomic E-state index is 11.1. The molecule has 0 aromatic heterocycles. The molecule has 0 N–H and O–H groups in total. The van der Waals surface area contributed by atoms with Crippen molar-refractivity contribution in [3.63, 3.8) is 0 Å². The van der Waals surface area contributed by atoms with Crippen LogP contribution in [0, 0.1) is 33.3 Å². The lowest BCUT2D eigenvalue weighted by molar-refractivity contribution is -0.387. The number of nitro benzene ring substituents is 1. The number of hydrogen-bond donors (Lipinski definition) is 0. The normalized spacial score (nSPS) is 41.5. The Labute approximate surface area is 124 Å². The van der Waals surface area contributed by atoms with Crippen molar-refractivity contribution >= 4 is 33.4 Å². The highest BCUT2D eigenvalue weighted by molar-refractivity contribution is 9.09. The molecular weight excluding hydrogens is 326 g/mol. The standard InChI is InChI=1S/C14H14BrNO2S/c15-7-14-6-8-5-9(14)12(14)13(8)19-11-4-2-1-3-10(11)16(17)18/h1-4,8-9,12-13H,5-7H2/t8-,9-,12-,13-,14+/m0/s1. The molecule has 3 nitrogen and oxygen atoms in total. The Morgan fingerprint density at radius 1 is 1.47 bits per heavy atom. The number of para-hydroxylation sites is 1. The van der Waals surface area contributed by atoms with E-state index in [0.29, 0.717) is 10.7 Å². The predicted molar refractivity (Wildman–Crippen MR) is 78.7 cm³/mol. The lowest BCUT2D eigenvalue weighted by Crippen LogP contribution is -2.07. The van der Waals surface area contributed by atoms with Gasteiger partial charge in [-0.1, -0.05) is 28.1 Å². The number of benzene rings is 1. The Morgan fingerprint density at radius 2 is 2.26 bits per heavy atom. The topological polar surface area (TPSA) is 43.1 Å². The molecule has 4 aliphatic carbocycles. The number of nitro groups is 1. The Balaban J connectivity index is 1.60. The van der Waals surface area contributed by atoms with E-state index in [0.717, 1.165) is 28.0 Å². The van der Waals surface area contributed by atoms with E-state index in [1.54, 1.807) is 23.9 Å². The van der Waals surface area contributed by atoms with Gasteiger partial charge in [0.15, 0.2) is 0 Å². The van der Waals surface area contributed by atoms with Crippen LogP contribution in [-0.4, -0.2) is 15.5 Å². The molecule has 19 heavy (non-hydrogen) atoms. The fraction of sp³-hybridized carbons (Fsp3) is 0.571. The van der Waals surface area contributed by atoms with Crippen molar-refractivity contribution in [2.75, 3.05) is 5.33 Å². The summed E-state index contributed by atoms with van der Waals surface area (Å²) in [7, 11) is 0. The van der Waals surface area contributed by atoms with Gasteiger partial charge in [-0.3, -0.25) is 10.1 Å². The van der Waals surface area contributed by atoms with Gasteiger partial charge in [0, 0.05) is 16.6 Å². The number of nitrogens with zero attached hydrogens (tertiary/aromatic N) is 1. The van der Waals surface area contributed by atoms with Crippen molar-refractivity contribution in [3.8, 4) is 0 Å². The molecule has 0 radical (unpaired) electrons. The van der Waals surface area contributed by atoms with Crippen LogP contribution in [0.2, 0.25) is 0 Å². The molecule has 0 aliphatic heterocycles. The lowest BCUT2D eigenvalue weighted by Gasteiger charge is -2.14. The van der Waals surface area contributed by atoms with E-state index in [2.05, 4.69) is 15.9 Å². The van der Waals surface area contributed by atoms with Crippen LogP contribution >= 0.6 is 27.7 Å². The zero-order valence-corrected chi connectivity index (χ0v) is 12.7. The summed E-state index contributed by atoms with van der Waals surface area (Å²) >= 11 is 5.43. The van der Waals surface area contributed by atoms with Gasteiger partial charge in [0.1, 0.15) is 0 Å². The van der Waals surface area contributed by atoms with E-state index in [-0.39, 0.29) is 10.6 Å². The van der Waals surface area contributed by atoms with Crippen LogP contribution < -0.4 is 0 Å². The molecule has 4 fully saturated rings. The fourth-order valence-electron chi connectivity index (χ4n) is 4.54. The Bertz CT molecular complexity index is 566. The summed E-state index contributed by atoms with van der Waals surface area (Å²) in [6, 6.07) is 7.17. The van der Waals surface area contributed by atoms with Gasteiger partial charge in [-0.05, 0) is 42.1 Å². The molecule has 0 spiro atoms. The molecule has 5 heteroatoms. The maximum atomic E-state index is 11.1. The minimum Gasteiger partial charge on any atom is -0.258 e. The van der Waals surface area contributed by atoms with E-state index in [1.165, 1.54) is 12.8 Å². The first-order chi connectivity index (χ1) is 9.17. The number of thioether (sulfide) groups is 1. The summed E-state index contributed by atoms with van der Waals surface area (Å²) in [6.45, 7) is 0. The van der Waals surface area contributed by atoms with Gasteiger partial charge in [-0.15, -0.1) is 11.8 Å². The van der Waals surface area contributed by atoms with E-state index in [4.69, 9.17) is 0 Å². The minimum absolute atomic E-state index is 0.258. The average molecular weight is 340 g/mol. The summed E-state index contributed by atoms with van der Waals surface area (Å²) in [6.07, 6.45) is 2.67. The van der Waals surface area contributed by atoms with Crippen molar-refractivity contribution in [3.05, 3.63) is 34.4 Å². The molecule has 5 atom stereocenters. The average Bonchev–Trinajstić information content (AvgIpc) is 2.75. The highest BCUT2D eigenvalue weighted by atomic mass is 79.9. The molecule has 1 aromatic rings. The first-order valence-electron chi connectivity index (χ1n) is 6.63. The van der Waals surface area contributed by atoms with Gasteiger partial charge in [0.05, 0.1) is 9.82 Å². The first-order valence-corrected chi connectivity index (χ1v) is 8.63. The van der Waals surface area contributed by atoms with Crippen LogP contribution in [0.15, 0.2) is 29.2 Å². The van der Waals surface area contributed by atoms with Gasteiger partial charge < -0.3 is 0 Å². The van der Waals surface area contributed by atoms with Crippen LogP contribution in [0.1, 0.15) is 12.8 Å². The largest absolute Gasteiger partial charge is 0.282 e. The smallest absolute Gasteiger partial charge is 0.258 e. The van der Waals surface area contributed by atoms with Gasteiger partial charge in [0.25, 0.3) is 5.69 Å². The van der Waals surface area contributed by atoms with Crippen LogP contribution in [-0.2, 0) is 0 Å². The number of rotatable bonds is 4. The van der Waals surface area contributed by atoms with Crippen LogP contribution in [0.25, 0.3) is 0 Å². The van der Waals surface area contributed by atoms with E-state index >= 15 is 0 Å². The van der Waals surface area contributed by atoms with Gasteiger partial charge in [0.2, 0.25) is 0 Å². The molecule has 4 saturated carbocycles. The third kappa shape index (κ3) is 1.51. The molecule has 4 bridgehead atoms. The SMILES string of the molecule is O=[N+]([O-])c1ccccc1S[C@H]1[C@H]2C[C@H]3[C@@H]1[C@@]3(CBr)C2. The molecule has 0 heterocycles. The quantitative estimate of drug-likeness (QED) is 0.471. The predicted octanol–water partition coefficient (Wildman–Crippen LogP) is 4.11. The molecule has 4 aliphatic rings. The molecular formula is C14H14BrNO2S. The molecule has 0 unspecified atom stereocenters. The van der Waals surface area contributed by atoms with Crippen molar-refractivity contribution in [2.24, 2.45) is 23.2 Å². The second kappa shape index (κ2) is 3.98. The monoisotopic (exact) mass is 339 g/mol. The molecule has 100 valence electrons. The van der Waals surface area contributed by atoms with E-state index in [1.807, 2.05) is 12.1 Å². The number of alkyl halides is 1. The van der Waals surface area contributed by atoms with E-state index in [9.17, 15) is 10.1 Å². The lowest BCUT2D eigenvalue weighted by atomic mass is 10.1. The highest BCUT2D eigenvalue weighted by Crippen LogP contribution is 2.81. The van der Waals surface area contributed by atoms with Crippen molar-refractivity contribution in [1.82, 2.24) is 0 Å². The third-order valence-corrected chi connectivity index (χ3v) is 7.91. The van der Waals surface area contributed by atoms with Crippen molar-refractivity contribution < 1.29 is 4.92 Å². The maximum Gasteiger partial charge on any atom is 0.282 e. The van der Waals surface area contributed by atoms with Crippen LogP contribution in [0.3, 0.4) is 0 Å². The van der Waals surface area contributed by atoms with Crippen molar-refractivity contribution in [2.45, 2.75) is 23.0 Å². The fourth-order valence-corrected chi connectivity index (χ4v) is 7.28. The zero-order valence-electron chi connectivity index (χ0n) is 10.3. The Morgan fingerprint density at radius 3 is 2.89 bits per heavy atom. The second-order valence-electron chi connectivity index (χ2n) is 6.01. The second-order valence-corrected chi connectivity index (χ2v) is 7.79. The Hall–Kier alpha value is -0.550. The van der Waals surface area contributed by atoms with Gasteiger partial charge in [-0.25, -0.2) is 0 Å². The summed E-state index contributed by atoms with van der Waals surface area (Å²) < 4.78 is 0. The molecule has 0 saturated heterocycles. The molecule has 0 amide bonds. The number of hydrogen-bond acceptors (Lipinski definition) is 3. The first kappa shape index (κ1) is 12.2. The summed E-state index contributed by atoms with van der Waals surface area (Å²) in [5.74, 6) is 2.45. The van der Waals surface area contributed by atoms with Gasteiger partial charge in [-0.2, -0.15) is 0 Å². The summed E-state index contributed by atoms with van der Waals surface area (Å²) in [5.41, 5.74) is 0.813. The third-order valence-electron chi connectivity index (χ3n) is 5.32. The number of halogens is 1. The summed E-state index contributed by atoms with van der Waals surface area (Å²) in [4.78, 5) is 11.7. The Kier molecular flexibility index (Phi) is 2.56. The highest BCUT2D eigenvalue weighted by Gasteiger charge is 2.77.